The minimum Gasteiger partial charge on any atom is -0.505 e. The number of ether oxygens (including phenoxy) is 2. The average Bonchev–Trinajstić information content (AvgIpc) is 2.67. The van der Waals surface area contributed by atoms with Gasteiger partial charge in [-0.3, -0.25) is 0 Å². The molecule has 110 valence electrons. The standard InChI is InChI=1S/C12H14O8/c1-2-3-4-5-7(14)20-12(18,6-13)10-8(15)9(16)11(17)19-10/h2-5,10,13,15-16,18H,6H2,1H3/b3-2+,5-4+/t10-,12+/m0/s1. The van der Waals surface area contributed by atoms with Gasteiger partial charge in [0.05, 0.1) is 0 Å². The van der Waals surface area contributed by atoms with Crippen LogP contribution in [0.3, 0.4) is 0 Å². The molecule has 0 aromatic carbocycles. The number of carbonyl (C=O) groups is 2. The largest absolute Gasteiger partial charge is 0.505 e. The third-order valence-corrected chi connectivity index (χ3v) is 2.36. The fourth-order valence-electron chi connectivity index (χ4n) is 1.38. The molecule has 0 unspecified atom stereocenters. The Labute approximate surface area is 113 Å². The molecule has 0 saturated heterocycles. The maximum Gasteiger partial charge on any atom is 0.378 e. The SMILES string of the molecule is C/C=C/C=C/C(=O)O[C@](O)(CO)[C@H]1OC(=O)C(O)=C1O. The van der Waals surface area contributed by atoms with Gasteiger partial charge in [0, 0.05) is 6.08 Å². The molecule has 1 rings (SSSR count). The Hall–Kier alpha value is -2.32. The van der Waals surface area contributed by atoms with Crippen LogP contribution >= 0.6 is 0 Å². The van der Waals surface area contributed by atoms with E-state index in [1.54, 1.807) is 13.0 Å². The smallest absolute Gasteiger partial charge is 0.378 e. The van der Waals surface area contributed by atoms with Crippen molar-refractivity contribution in [3.8, 4) is 0 Å². The lowest BCUT2D eigenvalue weighted by atomic mass is 10.1. The summed E-state index contributed by atoms with van der Waals surface area (Å²) in [4.78, 5) is 22.4. The number of aliphatic hydroxyl groups excluding tert-OH is 3. The number of esters is 2. The van der Waals surface area contributed by atoms with Gasteiger partial charge < -0.3 is 29.9 Å². The van der Waals surface area contributed by atoms with Gasteiger partial charge in [-0.2, -0.15) is 0 Å². The highest BCUT2D eigenvalue weighted by Gasteiger charge is 2.51. The molecule has 0 radical (unpaired) electrons. The summed E-state index contributed by atoms with van der Waals surface area (Å²) in [6, 6.07) is 0. The molecule has 0 spiro atoms. The minimum absolute atomic E-state index is 0.942. The number of hydrogen-bond donors (Lipinski definition) is 4. The van der Waals surface area contributed by atoms with Gasteiger partial charge in [-0.05, 0) is 6.92 Å². The van der Waals surface area contributed by atoms with E-state index in [4.69, 9.17) is 10.2 Å². The predicted molar refractivity (Wildman–Crippen MR) is 64.2 cm³/mol. The van der Waals surface area contributed by atoms with Crippen molar-refractivity contribution in [2.45, 2.75) is 18.8 Å². The van der Waals surface area contributed by atoms with Crippen LogP contribution in [0.5, 0.6) is 0 Å². The number of hydrogen-bond acceptors (Lipinski definition) is 8. The maximum absolute atomic E-state index is 11.4. The van der Waals surface area contributed by atoms with Gasteiger partial charge >= 0.3 is 11.9 Å². The molecular formula is C12H14O8. The molecule has 0 fully saturated rings. The highest BCUT2D eigenvalue weighted by Crippen LogP contribution is 2.28. The van der Waals surface area contributed by atoms with E-state index in [0.29, 0.717) is 0 Å². The van der Waals surface area contributed by atoms with Crippen molar-refractivity contribution in [1.29, 1.82) is 0 Å². The monoisotopic (exact) mass is 286 g/mol. The summed E-state index contributed by atoms with van der Waals surface area (Å²) in [7, 11) is 0. The minimum atomic E-state index is -2.71. The lowest BCUT2D eigenvalue weighted by molar-refractivity contribution is -0.256. The summed E-state index contributed by atoms with van der Waals surface area (Å²) in [5.74, 6) is -7.21. The third kappa shape index (κ3) is 3.16. The summed E-state index contributed by atoms with van der Waals surface area (Å²) >= 11 is 0. The number of aliphatic hydroxyl groups is 4. The molecule has 2 atom stereocenters. The van der Waals surface area contributed by atoms with Crippen LogP contribution in [-0.2, 0) is 19.1 Å². The van der Waals surface area contributed by atoms with E-state index in [9.17, 15) is 19.8 Å². The van der Waals surface area contributed by atoms with Gasteiger partial charge in [0.25, 0.3) is 5.79 Å². The second-order valence-electron chi connectivity index (χ2n) is 3.83. The van der Waals surface area contributed by atoms with Crippen LogP contribution in [0.2, 0.25) is 0 Å². The first-order chi connectivity index (χ1) is 9.35. The quantitative estimate of drug-likeness (QED) is 0.232. The Bertz CT molecular complexity index is 490. The van der Waals surface area contributed by atoms with Crippen LogP contribution < -0.4 is 0 Å². The number of allylic oxidation sites excluding steroid dienone is 3. The van der Waals surface area contributed by atoms with Gasteiger partial charge in [0.2, 0.25) is 11.9 Å². The van der Waals surface area contributed by atoms with Crippen molar-refractivity contribution in [1.82, 2.24) is 0 Å². The van der Waals surface area contributed by atoms with Gasteiger partial charge in [0.15, 0.2) is 5.76 Å². The molecule has 1 heterocycles. The summed E-state index contributed by atoms with van der Waals surface area (Å²) in [5, 5.41) is 37.5. The summed E-state index contributed by atoms with van der Waals surface area (Å²) in [5.41, 5.74) is 0. The molecule has 0 aromatic rings. The highest BCUT2D eigenvalue weighted by atomic mass is 16.7. The number of rotatable bonds is 5. The fourth-order valence-corrected chi connectivity index (χ4v) is 1.38. The zero-order valence-electron chi connectivity index (χ0n) is 10.5. The zero-order chi connectivity index (χ0) is 15.3. The molecule has 20 heavy (non-hydrogen) atoms. The van der Waals surface area contributed by atoms with Gasteiger partial charge in [-0.1, -0.05) is 18.2 Å². The van der Waals surface area contributed by atoms with Crippen LogP contribution in [0, 0.1) is 0 Å². The second-order valence-corrected chi connectivity index (χ2v) is 3.83. The van der Waals surface area contributed by atoms with Crippen molar-refractivity contribution in [3.63, 3.8) is 0 Å². The van der Waals surface area contributed by atoms with Crippen LogP contribution in [0.1, 0.15) is 6.92 Å². The molecule has 0 saturated carbocycles. The van der Waals surface area contributed by atoms with Gasteiger partial charge in [0.1, 0.15) is 6.61 Å². The zero-order valence-corrected chi connectivity index (χ0v) is 10.5. The molecule has 1 aliphatic rings. The van der Waals surface area contributed by atoms with E-state index < -0.39 is 42.0 Å². The second kappa shape index (κ2) is 6.22. The first-order valence-corrected chi connectivity index (χ1v) is 5.54. The molecule has 8 heteroatoms. The van der Waals surface area contributed by atoms with Crippen LogP contribution in [0.25, 0.3) is 0 Å². The van der Waals surface area contributed by atoms with Gasteiger partial charge in [-0.15, -0.1) is 0 Å². The lowest BCUT2D eigenvalue weighted by Gasteiger charge is -2.29. The maximum atomic E-state index is 11.4. The summed E-state index contributed by atoms with van der Waals surface area (Å²) < 4.78 is 8.98. The Morgan fingerprint density at radius 3 is 2.55 bits per heavy atom. The Morgan fingerprint density at radius 2 is 2.10 bits per heavy atom. The molecule has 0 aromatic heterocycles. The van der Waals surface area contributed by atoms with Gasteiger partial charge in [-0.25, -0.2) is 9.59 Å². The van der Waals surface area contributed by atoms with E-state index in [0.717, 1.165) is 6.08 Å². The Morgan fingerprint density at radius 1 is 1.45 bits per heavy atom. The van der Waals surface area contributed by atoms with Crippen LogP contribution in [0.15, 0.2) is 35.8 Å². The topological polar surface area (TPSA) is 134 Å². The van der Waals surface area contributed by atoms with Crippen molar-refractivity contribution < 1.29 is 39.5 Å². The van der Waals surface area contributed by atoms with E-state index in [-0.39, 0.29) is 0 Å². The Balaban J connectivity index is 2.88. The molecule has 0 aliphatic carbocycles. The van der Waals surface area contributed by atoms with E-state index in [2.05, 4.69) is 9.47 Å². The Kier molecular flexibility index (Phi) is 4.89. The molecule has 4 N–H and O–H groups in total. The predicted octanol–water partition coefficient (Wildman–Crippen LogP) is -0.404. The fraction of sp³-hybridized carbons (Fsp3) is 0.333. The number of carbonyl (C=O) groups excluding carboxylic acids is 2. The van der Waals surface area contributed by atoms with Crippen molar-refractivity contribution in [3.05, 3.63) is 35.8 Å². The average molecular weight is 286 g/mol. The molecule has 0 bridgehead atoms. The van der Waals surface area contributed by atoms with Crippen molar-refractivity contribution >= 4 is 11.9 Å². The van der Waals surface area contributed by atoms with Crippen molar-refractivity contribution in [2.75, 3.05) is 6.61 Å². The lowest BCUT2D eigenvalue weighted by Crippen LogP contribution is -2.50. The molecular weight excluding hydrogens is 272 g/mol. The highest BCUT2D eigenvalue weighted by molar-refractivity contribution is 5.89. The van der Waals surface area contributed by atoms with Crippen LogP contribution in [-0.4, -0.2) is 50.9 Å². The molecule has 8 nitrogen and oxygen atoms in total. The first kappa shape index (κ1) is 15.7. The number of cyclic esters (lactones) is 1. The van der Waals surface area contributed by atoms with E-state index in [1.165, 1.54) is 12.2 Å². The normalized spacial score (nSPS) is 22.4. The third-order valence-electron chi connectivity index (χ3n) is 2.36. The molecule has 0 amide bonds. The summed E-state index contributed by atoms with van der Waals surface area (Å²) in [6.07, 6.45) is 3.50. The van der Waals surface area contributed by atoms with E-state index in [1.807, 2.05) is 0 Å². The van der Waals surface area contributed by atoms with Crippen molar-refractivity contribution in [2.24, 2.45) is 0 Å². The van der Waals surface area contributed by atoms with E-state index >= 15 is 0 Å². The molecule has 1 aliphatic heterocycles. The summed E-state index contributed by atoms with van der Waals surface area (Å²) in [6.45, 7) is 0.550. The van der Waals surface area contributed by atoms with Crippen LogP contribution in [0.4, 0.5) is 0 Å². The first-order valence-electron chi connectivity index (χ1n) is 5.54.